The fraction of sp³-hybridized carbons (Fsp3) is 0.448. The van der Waals surface area contributed by atoms with Gasteiger partial charge in [-0.3, -0.25) is 14.5 Å². The number of ketones is 1. The van der Waals surface area contributed by atoms with Gasteiger partial charge in [-0.25, -0.2) is 0 Å². The quantitative estimate of drug-likeness (QED) is 0.261. The van der Waals surface area contributed by atoms with Crippen molar-refractivity contribution in [3.05, 3.63) is 69.2 Å². The molecule has 2 saturated heterocycles. The molecular formula is C29H35BrN2O5. The van der Waals surface area contributed by atoms with Gasteiger partial charge in [-0.1, -0.05) is 41.9 Å². The van der Waals surface area contributed by atoms with Crippen molar-refractivity contribution < 1.29 is 24.2 Å². The second-order valence-corrected chi connectivity index (χ2v) is 11.0. The van der Waals surface area contributed by atoms with Crippen LogP contribution in [0.1, 0.15) is 43.0 Å². The van der Waals surface area contributed by atoms with Gasteiger partial charge in [0.05, 0.1) is 31.4 Å². The van der Waals surface area contributed by atoms with Crippen LogP contribution in [0.5, 0.6) is 5.75 Å². The first-order valence-electron chi connectivity index (χ1n) is 12.8. The highest BCUT2D eigenvalue weighted by molar-refractivity contribution is 9.10. The highest BCUT2D eigenvalue weighted by Crippen LogP contribution is 2.40. The largest absolute Gasteiger partial charge is 0.507 e. The van der Waals surface area contributed by atoms with Crippen LogP contribution < -0.4 is 4.74 Å². The summed E-state index contributed by atoms with van der Waals surface area (Å²) in [7, 11) is 0. The lowest BCUT2D eigenvalue weighted by Crippen LogP contribution is -2.38. The molecule has 0 saturated carbocycles. The number of aliphatic hydroxyl groups excluding tert-OH is 1. The molecule has 1 atom stereocenters. The van der Waals surface area contributed by atoms with Crippen molar-refractivity contribution in [2.45, 2.75) is 33.2 Å². The first-order chi connectivity index (χ1) is 17.8. The number of carbonyl (C=O) groups is 2. The minimum atomic E-state index is -0.658. The zero-order chi connectivity index (χ0) is 26.5. The molecule has 7 nitrogen and oxygen atoms in total. The van der Waals surface area contributed by atoms with E-state index in [9.17, 15) is 14.7 Å². The monoisotopic (exact) mass is 570 g/mol. The summed E-state index contributed by atoms with van der Waals surface area (Å²) >= 11 is 3.46. The van der Waals surface area contributed by atoms with E-state index in [0.717, 1.165) is 47.4 Å². The highest BCUT2D eigenvalue weighted by Gasteiger charge is 2.45. The summed E-state index contributed by atoms with van der Waals surface area (Å²) in [4.78, 5) is 30.4. The average molecular weight is 572 g/mol. The molecule has 198 valence electrons. The standard InChI is InChI=1S/C29H35BrN2O5/c1-19(2)18-37-24-10-7-22(17-20(24)3)27(33)25-26(21-5-8-23(30)9-6-21)32(29(35)28(25)34)12-4-11-31-13-15-36-16-14-31/h5-10,17,19,26,33H,4,11-16,18H2,1-3H3/b27-25+/t26-/m0/s1. The third-order valence-electron chi connectivity index (χ3n) is 6.72. The number of likely N-dealkylation sites (tertiary alicyclic amines) is 1. The molecule has 1 N–H and O–H groups in total. The molecule has 2 heterocycles. The number of aryl methyl sites for hydroxylation is 1. The molecular weight excluding hydrogens is 536 g/mol. The maximum Gasteiger partial charge on any atom is 0.295 e. The van der Waals surface area contributed by atoms with Crippen molar-refractivity contribution >= 4 is 33.4 Å². The van der Waals surface area contributed by atoms with Crippen LogP contribution in [0.3, 0.4) is 0 Å². The van der Waals surface area contributed by atoms with Gasteiger partial charge in [-0.05, 0) is 60.7 Å². The number of hydrogen-bond acceptors (Lipinski definition) is 6. The smallest absolute Gasteiger partial charge is 0.295 e. The summed E-state index contributed by atoms with van der Waals surface area (Å²) in [5.41, 5.74) is 2.24. The fourth-order valence-electron chi connectivity index (χ4n) is 4.76. The molecule has 2 aromatic rings. The number of morpholine rings is 1. The third kappa shape index (κ3) is 6.43. The Balaban J connectivity index is 1.65. The minimum Gasteiger partial charge on any atom is -0.507 e. The van der Waals surface area contributed by atoms with Gasteiger partial charge in [0.15, 0.2) is 0 Å². The lowest BCUT2D eigenvalue weighted by molar-refractivity contribution is -0.140. The molecule has 0 unspecified atom stereocenters. The Kier molecular flexibility index (Phi) is 9.05. The number of Topliss-reactive ketones (excluding diaryl/α,β-unsaturated/α-hetero) is 1. The Morgan fingerprint density at radius 2 is 1.81 bits per heavy atom. The third-order valence-corrected chi connectivity index (χ3v) is 7.25. The van der Waals surface area contributed by atoms with Gasteiger partial charge in [-0.15, -0.1) is 0 Å². The molecule has 0 radical (unpaired) electrons. The molecule has 2 aromatic carbocycles. The van der Waals surface area contributed by atoms with Crippen molar-refractivity contribution in [1.29, 1.82) is 0 Å². The zero-order valence-electron chi connectivity index (χ0n) is 21.7. The lowest BCUT2D eigenvalue weighted by Gasteiger charge is -2.29. The van der Waals surface area contributed by atoms with Crippen LogP contribution in [0, 0.1) is 12.8 Å². The number of nitrogens with zero attached hydrogens (tertiary/aromatic N) is 2. The first-order valence-corrected chi connectivity index (χ1v) is 13.6. The molecule has 0 bridgehead atoms. The number of benzene rings is 2. The molecule has 2 aliphatic heterocycles. The van der Waals surface area contributed by atoms with E-state index in [-0.39, 0.29) is 11.3 Å². The summed E-state index contributed by atoms with van der Waals surface area (Å²) in [6, 6.07) is 12.2. The number of carbonyl (C=O) groups excluding carboxylic acids is 2. The lowest BCUT2D eigenvalue weighted by atomic mass is 9.94. The first kappa shape index (κ1) is 27.4. The normalized spacial score (nSPS) is 20.1. The van der Waals surface area contributed by atoms with Crippen LogP contribution in [-0.4, -0.2) is 72.6 Å². The van der Waals surface area contributed by atoms with Gasteiger partial charge in [0, 0.05) is 36.2 Å². The molecule has 1 amide bonds. The van der Waals surface area contributed by atoms with Crippen molar-refractivity contribution in [2.24, 2.45) is 5.92 Å². The molecule has 8 heteroatoms. The van der Waals surface area contributed by atoms with Crippen LogP contribution in [0.25, 0.3) is 5.76 Å². The predicted molar refractivity (Wildman–Crippen MR) is 147 cm³/mol. The van der Waals surface area contributed by atoms with Crippen molar-refractivity contribution in [3.8, 4) is 5.75 Å². The Hall–Kier alpha value is -2.68. The average Bonchev–Trinajstić information content (AvgIpc) is 3.13. The topological polar surface area (TPSA) is 79.3 Å². The Bertz CT molecular complexity index is 1160. The van der Waals surface area contributed by atoms with E-state index in [4.69, 9.17) is 9.47 Å². The Labute approximate surface area is 227 Å². The highest BCUT2D eigenvalue weighted by atomic mass is 79.9. The van der Waals surface area contributed by atoms with E-state index in [1.165, 1.54) is 0 Å². The number of amides is 1. The van der Waals surface area contributed by atoms with E-state index in [1.807, 2.05) is 31.2 Å². The second kappa shape index (κ2) is 12.2. The number of rotatable bonds is 9. The summed E-state index contributed by atoms with van der Waals surface area (Å²) in [5, 5.41) is 11.4. The van der Waals surface area contributed by atoms with Crippen LogP contribution in [0.15, 0.2) is 52.5 Å². The van der Waals surface area contributed by atoms with Gasteiger partial charge >= 0.3 is 0 Å². The van der Waals surface area contributed by atoms with Gasteiger partial charge in [-0.2, -0.15) is 0 Å². The molecule has 0 spiro atoms. The molecule has 2 aliphatic rings. The maximum absolute atomic E-state index is 13.3. The minimum absolute atomic E-state index is 0.119. The van der Waals surface area contributed by atoms with Crippen LogP contribution in [-0.2, 0) is 14.3 Å². The summed E-state index contributed by atoms with van der Waals surface area (Å²) in [6.07, 6.45) is 0.723. The summed E-state index contributed by atoms with van der Waals surface area (Å²) < 4.78 is 12.2. The van der Waals surface area contributed by atoms with Crippen LogP contribution in [0.2, 0.25) is 0 Å². The SMILES string of the molecule is Cc1cc(/C(O)=C2\C(=O)C(=O)N(CCCN3CCOCC3)[C@H]2c2ccc(Br)cc2)ccc1OCC(C)C. The zero-order valence-corrected chi connectivity index (χ0v) is 23.3. The second-order valence-electron chi connectivity index (χ2n) is 10.0. The van der Waals surface area contributed by atoms with E-state index in [2.05, 4.69) is 34.7 Å². The number of halogens is 1. The van der Waals surface area contributed by atoms with Gasteiger partial charge in [0.25, 0.3) is 11.7 Å². The van der Waals surface area contributed by atoms with Crippen molar-refractivity contribution in [1.82, 2.24) is 9.80 Å². The van der Waals surface area contributed by atoms with Crippen molar-refractivity contribution in [2.75, 3.05) is 46.0 Å². The van der Waals surface area contributed by atoms with Gasteiger partial charge in [0.1, 0.15) is 11.5 Å². The Morgan fingerprint density at radius 1 is 1.11 bits per heavy atom. The fourth-order valence-corrected chi connectivity index (χ4v) is 5.03. The number of ether oxygens (including phenoxy) is 2. The van der Waals surface area contributed by atoms with Crippen LogP contribution in [0.4, 0.5) is 0 Å². The Morgan fingerprint density at radius 3 is 2.46 bits per heavy atom. The molecule has 4 rings (SSSR count). The van der Waals surface area contributed by atoms with Gasteiger partial charge < -0.3 is 19.5 Å². The predicted octanol–water partition coefficient (Wildman–Crippen LogP) is 4.94. The van der Waals surface area contributed by atoms with E-state index in [0.29, 0.717) is 37.8 Å². The van der Waals surface area contributed by atoms with Crippen LogP contribution >= 0.6 is 15.9 Å². The van der Waals surface area contributed by atoms with E-state index in [1.54, 1.807) is 23.1 Å². The number of hydrogen-bond donors (Lipinski definition) is 1. The van der Waals surface area contributed by atoms with E-state index >= 15 is 0 Å². The summed E-state index contributed by atoms with van der Waals surface area (Å²) in [6.45, 7) is 11.0. The van der Waals surface area contributed by atoms with E-state index < -0.39 is 17.7 Å². The van der Waals surface area contributed by atoms with Crippen molar-refractivity contribution in [3.63, 3.8) is 0 Å². The molecule has 37 heavy (non-hydrogen) atoms. The van der Waals surface area contributed by atoms with Gasteiger partial charge in [0.2, 0.25) is 0 Å². The maximum atomic E-state index is 13.3. The molecule has 0 aromatic heterocycles. The summed E-state index contributed by atoms with van der Waals surface area (Å²) in [5.74, 6) is -0.281. The number of aliphatic hydroxyl groups is 1. The molecule has 2 fully saturated rings. The molecule has 0 aliphatic carbocycles.